The molecule has 0 radical (unpaired) electrons. The molecule has 0 aliphatic carbocycles. The van der Waals surface area contributed by atoms with Crippen LogP contribution in [-0.2, 0) is 11.4 Å². The molecule has 2 heterocycles. The largest absolute Gasteiger partial charge is 0.392 e. The molecule has 150 valence electrons. The van der Waals surface area contributed by atoms with Crippen LogP contribution in [0.1, 0.15) is 5.56 Å². The van der Waals surface area contributed by atoms with Gasteiger partial charge < -0.3 is 15.3 Å². The number of aliphatic hydroxyl groups is 1. The van der Waals surface area contributed by atoms with Crippen molar-refractivity contribution in [1.29, 1.82) is 0 Å². The van der Waals surface area contributed by atoms with Crippen LogP contribution >= 0.6 is 0 Å². The SMILES string of the molecule is O=C(CN1CCN(c2nc3ccccc3cc2CO)CC1)Nc1ccccc1F. The molecule has 29 heavy (non-hydrogen) atoms. The summed E-state index contributed by atoms with van der Waals surface area (Å²) >= 11 is 0. The van der Waals surface area contributed by atoms with Crippen LogP contribution in [0.5, 0.6) is 0 Å². The highest BCUT2D eigenvalue weighted by molar-refractivity contribution is 5.92. The number of benzene rings is 2. The molecule has 6 nitrogen and oxygen atoms in total. The Kier molecular flexibility index (Phi) is 5.69. The Hall–Kier alpha value is -3.03. The van der Waals surface area contributed by atoms with Gasteiger partial charge in [0, 0.05) is 37.1 Å². The van der Waals surface area contributed by atoms with E-state index in [9.17, 15) is 14.3 Å². The summed E-state index contributed by atoms with van der Waals surface area (Å²) in [5.74, 6) is 0.120. The third kappa shape index (κ3) is 4.36. The van der Waals surface area contributed by atoms with E-state index >= 15 is 0 Å². The number of rotatable bonds is 5. The lowest BCUT2D eigenvalue weighted by Gasteiger charge is -2.35. The topological polar surface area (TPSA) is 68.7 Å². The minimum absolute atomic E-state index is 0.0710. The Labute approximate surface area is 168 Å². The molecule has 1 aliphatic rings. The van der Waals surface area contributed by atoms with Gasteiger partial charge in [0.1, 0.15) is 11.6 Å². The van der Waals surface area contributed by atoms with Gasteiger partial charge in [0.25, 0.3) is 0 Å². The van der Waals surface area contributed by atoms with E-state index in [1.165, 1.54) is 6.07 Å². The lowest BCUT2D eigenvalue weighted by molar-refractivity contribution is -0.117. The second-order valence-corrected chi connectivity index (χ2v) is 7.11. The predicted molar refractivity (Wildman–Crippen MR) is 111 cm³/mol. The van der Waals surface area contributed by atoms with Crippen LogP contribution in [0.3, 0.4) is 0 Å². The number of hydrogen-bond acceptors (Lipinski definition) is 5. The van der Waals surface area contributed by atoms with Gasteiger partial charge in [-0.2, -0.15) is 0 Å². The Bertz CT molecular complexity index is 1020. The van der Waals surface area contributed by atoms with Crippen molar-refractivity contribution in [1.82, 2.24) is 9.88 Å². The summed E-state index contributed by atoms with van der Waals surface area (Å²) < 4.78 is 13.7. The number of aliphatic hydroxyl groups excluding tert-OH is 1. The fourth-order valence-electron chi connectivity index (χ4n) is 3.61. The lowest BCUT2D eigenvalue weighted by atomic mass is 10.1. The fraction of sp³-hybridized carbons (Fsp3) is 0.273. The van der Waals surface area contributed by atoms with E-state index in [2.05, 4.69) is 10.2 Å². The zero-order valence-corrected chi connectivity index (χ0v) is 16.0. The van der Waals surface area contributed by atoms with Gasteiger partial charge in [-0.15, -0.1) is 0 Å². The van der Waals surface area contributed by atoms with Crippen LogP contribution in [0.15, 0.2) is 54.6 Å². The highest BCUT2D eigenvalue weighted by Gasteiger charge is 2.22. The van der Waals surface area contributed by atoms with Crippen molar-refractivity contribution in [3.63, 3.8) is 0 Å². The lowest BCUT2D eigenvalue weighted by Crippen LogP contribution is -2.49. The normalized spacial score (nSPS) is 14.9. The van der Waals surface area contributed by atoms with Crippen LogP contribution in [0.2, 0.25) is 0 Å². The molecule has 0 atom stereocenters. The number of anilines is 2. The Balaban J connectivity index is 1.39. The van der Waals surface area contributed by atoms with Gasteiger partial charge in [-0.05, 0) is 24.3 Å². The van der Waals surface area contributed by atoms with Gasteiger partial charge in [0.05, 0.1) is 24.4 Å². The molecule has 0 saturated carbocycles. The number of nitrogens with one attached hydrogen (secondary N) is 1. The van der Waals surface area contributed by atoms with E-state index in [1.54, 1.807) is 18.2 Å². The van der Waals surface area contributed by atoms with Crippen molar-refractivity contribution in [2.24, 2.45) is 0 Å². The molecule has 1 saturated heterocycles. The molecular formula is C22H23FN4O2. The van der Waals surface area contributed by atoms with E-state index in [0.717, 1.165) is 22.3 Å². The number of amides is 1. The number of carbonyl (C=O) groups excluding carboxylic acids is 1. The third-order valence-corrected chi connectivity index (χ3v) is 5.14. The molecule has 1 aromatic heterocycles. The maximum absolute atomic E-state index is 13.7. The fourth-order valence-corrected chi connectivity index (χ4v) is 3.61. The maximum atomic E-state index is 13.7. The molecule has 0 bridgehead atoms. The first kappa shape index (κ1) is 19.3. The first-order valence-electron chi connectivity index (χ1n) is 9.65. The monoisotopic (exact) mass is 394 g/mol. The minimum Gasteiger partial charge on any atom is -0.392 e. The quantitative estimate of drug-likeness (QED) is 0.696. The number of carbonyl (C=O) groups is 1. The second kappa shape index (κ2) is 8.55. The average Bonchev–Trinajstić information content (AvgIpc) is 2.75. The molecule has 4 rings (SSSR count). The van der Waals surface area contributed by atoms with Crippen LogP contribution in [-0.4, -0.2) is 53.6 Å². The number of aromatic nitrogens is 1. The van der Waals surface area contributed by atoms with Gasteiger partial charge in [-0.1, -0.05) is 30.3 Å². The molecule has 1 amide bonds. The Morgan fingerprint density at radius 3 is 2.55 bits per heavy atom. The van der Waals surface area contributed by atoms with Crippen LogP contribution in [0, 0.1) is 5.82 Å². The van der Waals surface area contributed by atoms with Crippen LogP contribution in [0.25, 0.3) is 10.9 Å². The Morgan fingerprint density at radius 1 is 1.07 bits per heavy atom. The van der Waals surface area contributed by atoms with E-state index in [4.69, 9.17) is 4.98 Å². The second-order valence-electron chi connectivity index (χ2n) is 7.11. The number of pyridine rings is 1. The van der Waals surface area contributed by atoms with Gasteiger partial charge >= 0.3 is 0 Å². The van der Waals surface area contributed by atoms with Crippen molar-refractivity contribution in [2.75, 3.05) is 42.9 Å². The smallest absolute Gasteiger partial charge is 0.238 e. The van der Waals surface area contributed by atoms with Gasteiger partial charge in [0.15, 0.2) is 0 Å². The average molecular weight is 394 g/mol. The van der Waals surface area contributed by atoms with Gasteiger partial charge in [0.2, 0.25) is 5.91 Å². The van der Waals surface area contributed by atoms with Crippen LogP contribution in [0.4, 0.5) is 15.9 Å². The summed E-state index contributed by atoms with van der Waals surface area (Å²) in [5, 5.41) is 13.4. The number of para-hydroxylation sites is 2. The number of halogens is 1. The van der Waals surface area contributed by atoms with E-state index in [0.29, 0.717) is 26.2 Å². The van der Waals surface area contributed by atoms with E-state index < -0.39 is 5.82 Å². The Morgan fingerprint density at radius 2 is 1.79 bits per heavy atom. The number of nitrogens with zero attached hydrogens (tertiary/aromatic N) is 3. The summed E-state index contributed by atoms with van der Waals surface area (Å²) in [5.41, 5.74) is 1.89. The molecule has 2 aromatic carbocycles. The first-order valence-corrected chi connectivity index (χ1v) is 9.65. The van der Waals surface area contributed by atoms with Crippen molar-refractivity contribution in [3.05, 3.63) is 66.0 Å². The van der Waals surface area contributed by atoms with Crippen molar-refractivity contribution >= 4 is 28.3 Å². The molecule has 1 fully saturated rings. The van der Waals surface area contributed by atoms with Gasteiger partial charge in [-0.3, -0.25) is 9.69 Å². The standard InChI is InChI=1S/C22H23FN4O2/c23-18-6-2-4-8-20(18)24-21(29)14-26-9-11-27(12-10-26)22-17(15-28)13-16-5-1-3-7-19(16)25-22/h1-8,13,28H,9-12,14-15H2,(H,24,29). The summed E-state index contributed by atoms with van der Waals surface area (Å²) in [4.78, 5) is 21.2. The summed E-state index contributed by atoms with van der Waals surface area (Å²) in [6, 6.07) is 16.0. The third-order valence-electron chi connectivity index (χ3n) is 5.14. The number of fused-ring (bicyclic) bond motifs is 1. The number of piperazine rings is 1. The highest BCUT2D eigenvalue weighted by Crippen LogP contribution is 2.24. The minimum atomic E-state index is -0.440. The number of hydrogen-bond donors (Lipinski definition) is 2. The molecule has 0 unspecified atom stereocenters. The highest BCUT2D eigenvalue weighted by atomic mass is 19.1. The first-order chi connectivity index (χ1) is 14.1. The van der Waals surface area contributed by atoms with Gasteiger partial charge in [-0.25, -0.2) is 9.37 Å². The summed E-state index contributed by atoms with van der Waals surface area (Å²) in [6.07, 6.45) is 0. The molecular weight excluding hydrogens is 371 g/mol. The molecule has 3 aromatic rings. The van der Waals surface area contributed by atoms with Crippen molar-refractivity contribution in [3.8, 4) is 0 Å². The summed E-state index contributed by atoms with van der Waals surface area (Å²) in [7, 11) is 0. The summed E-state index contributed by atoms with van der Waals surface area (Å²) in [6.45, 7) is 2.91. The van der Waals surface area contributed by atoms with Crippen molar-refractivity contribution < 1.29 is 14.3 Å². The van der Waals surface area contributed by atoms with E-state index in [-0.39, 0.29) is 24.7 Å². The molecule has 0 spiro atoms. The molecule has 2 N–H and O–H groups in total. The zero-order valence-electron chi connectivity index (χ0n) is 16.0. The molecule has 7 heteroatoms. The van der Waals surface area contributed by atoms with E-state index in [1.807, 2.05) is 35.2 Å². The zero-order chi connectivity index (χ0) is 20.2. The predicted octanol–water partition coefficient (Wildman–Crippen LogP) is 2.63. The van der Waals surface area contributed by atoms with Crippen molar-refractivity contribution in [2.45, 2.75) is 6.61 Å². The maximum Gasteiger partial charge on any atom is 0.238 e. The van der Waals surface area contributed by atoms with Crippen LogP contribution < -0.4 is 10.2 Å². The molecule has 1 aliphatic heterocycles.